The maximum atomic E-state index is 4.74. The first-order chi connectivity index (χ1) is 1.41. The highest BCUT2D eigenvalue weighted by Gasteiger charge is 1.45. The number of rotatable bonds is 0. The van der Waals surface area contributed by atoms with Crippen LogP contribution in [0.1, 0.15) is 7.43 Å². The van der Waals surface area contributed by atoms with E-state index in [4.69, 9.17) is 22.5 Å². The molecule has 0 aliphatic rings. The summed E-state index contributed by atoms with van der Waals surface area (Å²) in [7, 11) is 0.361. The van der Waals surface area contributed by atoms with E-state index < -0.39 is 0 Å². The van der Waals surface area contributed by atoms with Crippen LogP contribution in [0.3, 0.4) is 0 Å². The molecule has 27 valence electrons. The van der Waals surface area contributed by atoms with Gasteiger partial charge in [-0.25, -0.2) is 0 Å². The zero-order chi connectivity index (χ0) is 2.71. The van der Waals surface area contributed by atoms with Gasteiger partial charge in [0, 0.05) is 0 Å². The molecule has 0 aromatic rings. The molecule has 0 heterocycles. The van der Waals surface area contributed by atoms with Gasteiger partial charge in [0.15, 0.2) is 0 Å². The van der Waals surface area contributed by atoms with Crippen LogP contribution in [0.5, 0.6) is 0 Å². The predicted molar refractivity (Wildman–Crippen MR) is 25.4 cm³/mol. The monoisotopic (exact) mass is 117 g/mol. The molecule has 0 atom stereocenters. The second-order valence-electron chi connectivity index (χ2n) is 0.0639. The molecule has 0 aromatic heterocycles. The zero-order valence-electron chi connectivity index (χ0n) is 1.20. The molecule has 0 saturated carbocycles. The van der Waals surface area contributed by atoms with Crippen molar-refractivity contribution in [3.63, 3.8) is 0 Å². The molecule has 0 spiro atoms. The van der Waals surface area contributed by atoms with Gasteiger partial charge in [0.1, 0.15) is 7.29 Å². The van der Waals surface area contributed by atoms with Crippen molar-refractivity contribution in [2.45, 2.75) is 7.43 Å². The summed E-state index contributed by atoms with van der Waals surface area (Å²) >= 11 is 9.47. The Kier molecular flexibility index (Phi) is 20.0. The van der Waals surface area contributed by atoms with Crippen LogP contribution < -0.4 is 0 Å². The van der Waals surface area contributed by atoms with Crippen LogP contribution in [-0.2, 0) is 0 Å². The number of hydrogen-bond donors (Lipinski definition) is 0. The highest BCUT2D eigenvalue weighted by atomic mass is 35.9. The van der Waals surface area contributed by atoms with Crippen molar-refractivity contribution in [3.8, 4) is 0 Å². The van der Waals surface area contributed by atoms with Crippen LogP contribution in [0.15, 0.2) is 0 Å². The van der Waals surface area contributed by atoms with Gasteiger partial charge in [-0.1, -0.05) is 29.9 Å². The third-order valence-electron chi connectivity index (χ3n) is 0. The maximum absolute atomic E-state index is 4.74. The normalized spacial score (nSPS) is 4.50. The first-order valence-electron chi connectivity index (χ1n) is 0.338. The molecule has 0 amide bonds. The molecule has 4 heavy (non-hydrogen) atoms. The van der Waals surface area contributed by atoms with Gasteiger partial charge in [0.2, 0.25) is 0 Å². The van der Waals surface area contributed by atoms with Gasteiger partial charge in [-0.3, -0.25) is 0 Å². The van der Waals surface area contributed by atoms with E-state index in [2.05, 4.69) is 0 Å². The fraction of sp³-hybridized carbons (Fsp3) is 1.00. The average molecular weight is 118 g/mol. The molecule has 0 aliphatic heterocycles. The second-order valence-corrected chi connectivity index (χ2v) is 1.72. The minimum Gasteiger partial charge on any atom is -0.0776 e. The van der Waals surface area contributed by atoms with Gasteiger partial charge in [-0.2, -0.15) is 0 Å². The van der Waals surface area contributed by atoms with Crippen LogP contribution in [0.25, 0.3) is 0 Å². The van der Waals surface area contributed by atoms with Gasteiger partial charge < -0.3 is 0 Å². The first-order valence-corrected chi connectivity index (χ1v) is 3.04. The van der Waals surface area contributed by atoms with Crippen LogP contribution in [-0.4, -0.2) is 0 Å². The number of hydrogen-bond acceptors (Lipinski definition) is 0. The van der Waals surface area contributed by atoms with Crippen LogP contribution >= 0.6 is 29.8 Å². The molecule has 0 saturated heterocycles. The van der Waals surface area contributed by atoms with Crippen LogP contribution in [0.2, 0.25) is 0 Å². The summed E-state index contributed by atoms with van der Waals surface area (Å²) in [5.41, 5.74) is 0. The Labute approximate surface area is 37.9 Å². The molecule has 0 rings (SSSR count). The Hall–Kier alpha value is 1.01. The lowest BCUT2D eigenvalue weighted by atomic mass is 12.0. The summed E-state index contributed by atoms with van der Waals surface area (Å²) in [5.74, 6) is 0. The van der Waals surface area contributed by atoms with E-state index >= 15 is 0 Å². The van der Waals surface area contributed by atoms with E-state index in [9.17, 15) is 0 Å². The van der Waals surface area contributed by atoms with E-state index in [0.29, 0.717) is 7.29 Å². The quantitative estimate of drug-likeness (QED) is 0.429. The molecular formula is CH4Cl2P. The molecular weight excluding hydrogens is 114 g/mol. The van der Waals surface area contributed by atoms with Crippen molar-refractivity contribution in [2.24, 2.45) is 0 Å². The molecule has 0 bridgehead atoms. The summed E-state index contributed by atoms with van der Waals surface area (Å²) in [6, 6.07) is 0. The van der Waals surface area contributed by atoms with Crippen molar-refractivity contribution in [2.75, 3.05) is 0 Å². The van der Waals surface area contributed by atoms with Crippen molar-refractivity contribution in [3.05, 3.63) is 0 Å². The summed E-state index contributed by atoms with van der Waals surface area (Å²) in [6.45, 7) is 0. The van der Waals surface area contributed by atoms with Gasteiger partial charge in [-0.05, 0) is 0 Å². The molecule has 0 nitrogen and oxygen atoms in total. The predicted octanol–water partition coefficient (Wildman–Crippen LogP) is 2.88. The topological polar surface area (TPSA) is 0 Å². The Bertz CT molecular complexity index is 6.00. The van der Waals surface area contributed by atoms with Gasteiger partial charge in [0.25, 0.3) is 0 Å². The zero-order valence-corrected chi connectivity index (χ0v) is 3.61. The van der Waals surface area contributed by atoms with Gasteiger partial charge >= 0.3 is 0 Å². The summed E-state index contributed by atoms with van der Waals surface area (Å²) in [5, 5.41) is 0. The van der Waals surface area contributed by atoms with Crippen molar-refractivity contribution in [1.29, 1.82) is 0 Å². The largest absolute Gasteiger partial charge is 0.141 e. The maximum Gasteiger partial charge on any atom is 0.141 e. The molecule has 0 aliphatic carbocycles. The second kappa shape index (κ2) is 8.99. The van der Waals surface area contributed by atoms with Crippen molar-refractivity contribution < 1.29 is 0 Å². The van der Waals surface area contributed by atoms with Crippen LogP contribution in [0, 0.1) is 0 Å². The highest BCUT2D eigenvalue weighted by molar-refractivity contribution is 7.90. The van der Waals surface area contributed by atoms with E-state index in [0.717, 1.165) is 0 Å². The summed E-state index contributed by atoms with van der Waals surface area (Å²) < 4.78 is 0. The Balaban J connectivity index is 0. The van der Waals surface area contributed by atoms with E-state index in [-0.39, 0.29) is 7.43 Å². The molecule has 0 aromatic carbocycles. The minimum absolute atomic E-state index is 0. The summed E-state index contributed by atoms with van der Waals surface area (Å²) in [6.07, 6.45) is 0. The van der Waals surface area contributed by atoms with E-state index in [1.165, 1.54) is 0 Å². The Morgan fingerprint density at radius 2 is 1.25 bits per heavy atom. The van der Waals surface area contributed by atoms with Crippen LogP contribution in [0.4, 0.5) is 0 Å². The molecule has 0 N–H and O–H groups in total. The van der Waals surface area contributed by atoms with Gasteiger partial charge in [-0.15, -0.1) is 0 Å². The lowest BCUT2D eigenvalue weighted by molar-refractivity contribution is 2.50. The van der Waals surface area contributed by atoms with Crippen molar-refractivity contribution >= 4 is 29.8 Å². The highest BCUT2D eigenvalue weighted by Crippen LogP contribution is 2.19. The fourth-order valence-corrected chi connectivity index (χ4v) is 0. The average Bonchev–Trinajstić information content (AvgIpc) is 0.918. The van der Waals surface area contributed by atoms with Gasteiger partial charge in [0.05, 0.1) is 0 Å². The third-order valence-corrected chi connectivity index (χ3v) is 0. The molecule has 0 unspecified atom stereocenters. The van der Waals surface area contributed by atoms with E-state index in [1.54, 1.807) is 0 Å². The smallest absolute Gasteiger partial charge is 0.0776 e. The van der Waals surface area contributed by atoms with Crippen molar-refractivity contribution in [1.82, 2.24) is 0 Å². The lowest BCUT2D eigenvalue weighted by Crippen LogP contribution is -0.641. The Morgan fingerprint density at radius 3 is 1.25 bits per heavy atom. The number of halogens is 2. The Morgan fingerprint density at radius 1 is 1.25 bits per heavy atom. The lowest BCUT2D eigenvalue weighted by Gasteiger charge is -1.38. The third kappa shape index (κ3) is 11.9. The fourth-order valence-electron chi connectivity index (χ4n) is 0. The first kappa shape index (κ1) is 8.89. The molecule has 3 heteroatoms. The SMILES string of the molecule is C.Cl[P]Cl. The molecule has 0 fully saturated rings. The standard InChI is InChI=1S/CH4.Cl2P/c;1-3-2/h1H4;. The summed E-state index contributed by atoms with van der Waals surface area (Å²) in [4.78, 5) is 0. The van der Waals surface area contributed by atoms with E-state index in [1.807, 2.05) is 0 Å². The minimum atomic E-state index is 0. The molecule has 1 radical (unpaired) electrons.